The highest BCUT2D eigenvalue weighted by atomic mass is 16.5. The van der Waals surface area contributed by atoms with Crippen LogP contribution in [-0.4, -0.2) is 65.0 Å². The van der Waals surface area contributed by atoms with Gasteiger partial charge in [-0.3, -0.25) is 4.79 Å². The van der Waals surface area contributed by atoms with Gasteiger partial charge in [-0.1, -0.05) is 11.6 Å². The highest BCUT2D eigenvalue weighted by Crippen LogP contribution is 2.18. The zero-order valence-electron chi connectivity index (χ0n) is 16.1. The maximum absolute atomic E-state index is 12.2. The Morgan fingerprint density at radius 3 is 2.73 bits per heavy atom. The van der Waals surface area contributed by atoms with Crippen LogP contribution in [0, 0.1) is 6.92 Å². The Morgan fingerprint density at radius 1 is 1.27 bits per heavy atom. The van der Waals surface area contributed by atoms with Crippen LogP contribution in [0.3, 0.4) is 0 Å². The highest BCUT2D eigenvalue weighted by Gasteiger charge is 2.26. The molecule has 0 bridgehead atoms. The Kier molecular flexibility index (Phi) is 6.88. The van der Waals surface area contributed by atoms with Crippen molar-refractivity contribution >= 4 is 5.91 Å². The van der Waals surface area contributed by atoms with Crippen molar-refractivity contribution < 1.29 is 24.1 Å². The lowest BCUT2D eigenvalue weighted by Gasteiger charge is -2.29. The summed E-state index contributed by atoms with van der Waals surface area (Å²) in [6, 6.07) is 6.38. The number of methoxy groups -OCH3 is 1. The summed E-state index contributed by atoms with van der Waals surface area (Å²) >= 11 is 0. The fourth-order valence-corrected chi connectivity index (χ4v) is 3.95. The molecule has 3 rings (SSSR count). The van der Waals surface area contributed by atoms with Crippen molar-refractivity contribution in [1.29, 1.82) is 0 Å². The molecule has 2 aliphatic rings. The average molecular weight is 364 g/mol. The molecule has 6 heteroatoms. The van der Waals surface area contributed by atoms with E-state index in [1.807, 2.05) is 0 Å². The van der Waals surface area contributed by atoms with Crippen molar-refractivity contribution in [1.82, 2.24) is 5.32 Å². The van der Waals surface area contributed by atoms with Crippen LogP contribution in [-0.2, 0) is 16.1 Å². The number of piperazine rings is 1. The molecule has 1 aromatic rings. The minimum Gasteiger partial charge on any atom is -0.496 e. The first-order chi connectivity index (χ1) is 12.6. The molecule has 1 atom stereocenters. The monoisotopic (exact) mass is 363 g/mol. The van der Waals surface area contributed by atoms with Crippen molar-refractivity contribution in [3.05, 3.63) is 29.3 Å². The lowest BCUT2D eigenvalue weighted by molar-refractivity contribution is -1.02. The number of hydrogen-bond acceptors (Lipinski definition) is 3. The minimum atomic E-state index is 0.152. The fraction of sp³-hybridized carbons (Fsp3) is 0.650. The predicted octanol–water partition coefficient (Wildman–Crippen LogP) is -1.42. The molecule has 3 N–H and O–H groups in total. The van der Waals surface area contributed by atoms with Gasteiger partial charge in [-0.2, -0.15) is 0 Å². The van der Waals surface area contributed by atoms with Gasteiger partial charge in [0.05, 0.1) is 13.2 Å². The smallest absolute Gasteiger partial charge is 0.275 e. The van der Waals surface area contributed by atoms with Crippen LogP contribution in [0.1, 0.15) is 24.0 Å². The molecule has 2 heterocycles. The van der Waals surface area contributed by atoms with Crippen molar-refractivity contribution in [2.24, 2.45) is 0 Å². The molecule has 0 spiro atoms. The average Bonchev–Trinajstić information content (AvgIpc) is 3.15. The standard InChI is InChI=1S/C20H31N3O3/c1-16-5-6-19(25-2)17(12-16)14-22-7-9-23(10-8-22)15-20(24)21-13-18-4-3-11-26-18/h5-6,12,18H,3-4,7-11,13-15H2,1-2H3,(H,21,24)/p+2/t18-/m1/s1. The SMILES string of the molecule is COc1ccc(C)cc1C[NH+]1CC[NH+](CC(=O)NC[C@H]2CCCO2)CC1. The van der Waals surface area contributed by atoms with Gasteiger partial charge in [0.2, 0.25) is 0 Å². The largest absolute Gasteiger partial charge is 0.496 e. The summed E-state index contributed by atoms with van der Waals surface area (Å²) in [5, 5.41) is 3.04. The molecule has 1 aromatic carbocycles. The summed E-state index contributed by atoms with van der Waals surface area (Å²) in [7, 11) is 1.74. The number of nitrogens with one attached hydrogen (secondary N) is 3. The molecule has 26 heavy (non-hydrogen) atoms. The number of carbonyl (C=O) groups is 1. The first kappa shape index (κ1) is 19.1. The van der Waals surface area contributed by atoms with Gasteiger partial charge in [0.15, 0.2) is 6.54 Å². The number of hydrogen-bond donors (Lipinski definition) is 3. The van der Waals surface area contributed by atoms with E-state index in [9.17, 15) is 4.79 Å². The molecule has 2 aliphatic heterocycles. The predicted molar refractivity (Wildman–Crippen MR) is 99.7 cm³/mol. The van der Waals surface area contributed by atoms with Crippen LogP contribution in [0.5, 0.6) is 5.75 Å². The number of amides is 1. The quantitative estimate of drug-likeness (QED) is 0.558. The number of ether oxygens (including phenoxy) is 2. The van der Waals surface area contributed by atoms with Gasteiger partial charge in [0.1, 0.15) is 38.5 Å². The van der Waals surface area contributed by atoms with Crippen molar-refractivity contribution in [3.8, 4) is 5.75 Å². The van der Waals surface area contributed by atoms with E-state index in [-0.39, 0.29) is 12.0 Å². The lowest BCUT2D eigenvalue weighted by Crippen LogP contribution is -3.28. The van der Waals surface area contributed by atoms with Gasteiger partial charge in [-0.25, -0.2) is 0 Å². The third kappa shape index (κ3) is 5.43. The number of aryl methyl sites for hydroxylation is 1. The van der Waals surface area contributed by atoms with E-state index < -0.39 is 0 Å². The van der Waals surface area contributed by atoms with Gasteiger partial charge in [0, 0.05) is 18.7 Å². The van der Waals surface area contributed by atoms with Crippen molar-refractivity contribution in [2.45, 2.75) is 32.4 Å². The number of benzene rings is 1. The Hall–Kier alpha value is -1.63. The molecular weight excluding hydrogens is 330 g/mol. The van der Waals surface area contributed by atoms with Crippen LogP contribution in [0.2, 0.25) is 0 Å². The number of rotatable bonds is 7. The first-order valence-electron chi connectivity index (χ1n) is 9.83. The summed E-state index contributed by atoms with van der Waals surface area (Å²) in [4.78, 5) is 15.1. The third-order valence-electron chi connectivity index (χ3n) is 5.50. The molecule has 0 aliphatic carbocycles. The van der Waals surface area contributed by atoms with Gasteiger partial charge in [-0.05, 0) is 31.9 Å². The molecule has 0 saturated carbocycles. The van der Waals surface area contributed by atoms with E-state index in [1.54, 1.807) is 12.0 Å². The molecular formula is C20H33N3O3+2. The van der Waals surface area contributed by atoms with Crippen LogP contribution in [0.25, 0.3) is 0 Å². The van der Waals surface area contributed by atoms with E-state index in [1.165, 1.54) is 16.0 Å². The number of carbonyl (C=O) groups excluding carboxylic acids is 1. The first-order valence-corrected chi connectivity index (χ1v) is 9.83. The van der Waals surface area contributed by atoms with Crippen molar-refractivity contribution in [2.75, 3.05) is 53.0 Å². The van der Waals surface area contributed by atoms with E-state index >= 15 is 0 Å². The summed E-state index contributed by atoms with van der Waals surface area (Å²) in [5.74, 6) is 1.13. The molecule has 6 nitrogen and oxygen atoms in total. The normalized spacial score (nSPS) is 25.8. The minimum absolute atomic E-state index is 0.152. The molecule has 2 saturated heterocycles. The maximum Gasteiger partial charge on any atom is 0.275 e. The van der Waals surface area contributed by atoms with E-state index in [0.717, 1.165) is 57.9 Å². The molecule has 1 amide bonds. The molecule has 0 radical (unpaired) electrons. The second kappa shape index (κ2) is 9.35. The summed E-state index contributed by atoms with van der Waals surface area (Å²) < 4.78 is 11.1. The maximum atomic E-state index is 12.2. The Bertz CT molecular complexity index is 594. The second-order valence-corrected chi connectivity index (χ2v) is 7.61. The van der Waals surface area contributed by atoms with E-state index in [2.05, 4.69) is 30.4 Å². The van der Waals surface area contributed by atoms with Gasteiger partial charge in [0.25, 0.3) is 5.91 Å². The topological polar surface area (TPSA) is 56.4 Å². The van der Waals surface area contributed by atoms with Gasteiger partial charge < -0.3 is 24.6 Å². The van der Waals surface area contributed by atoms with Gasteiger partial charge in [-0.15, -0.1) is 0 Å². The highest BCUT2D eigenvalue weighted by molar-refractivity contribution is 5.76. The lowest BCUT2D eigenvalue weighted by atomic mass is 10.1. The summed E-state index contributed by atoms with van der Waals surface area (Å²) in [5.41, 5.74) is 2.55. The Labute approximate surface area is 156 Å². The van der Waals surface area contributed by atoms with Crippen LogP contribution in [0.4, 0.5) is 0 Å². The fourth-order valence-electron chi connectivity index (χ4n) is 3.95. The molecule has 144 valence electrons. The van der Waals surface area contributed by atoms with E-state index in [4.69, 9.17) is 9.47 Å². The summed E-state index contributed by atoms with van der Waals surface area (Å²) in [6.45, 7) is 9.44. The summed E-state index contributed by atoms with van der Waals surface area (Å²) in [6.07, 6.45) is 2.40. The number of quaternary nitrogens is 2. The third-order valence-corrected chi connectivity index (χ3v) is 5.50. The van der Waals surface area contributed by atoms with Crippen molar-refractivity contribution in [3.63, 3.8) is 0 Å². The molecule has 0 aromatic heterocycles. The zero-order valence-corrected chi connectivity index (χ0v) is 16.1. The Balaban J connectivity index is 1.40. The second-order valence-electron chi connectivity index (χ2n) is 7.61. The Morgan fingerprint density at radius 2 is 2.04 bits per heavy atom. The van der Waals surface area contributed by atoms with Crippen LogP contribution >= 0.6 is 0 Å². The van der Waals surface area contributed by atoms with Crippen LogP contribution in [0.15, 0.2) is 18.2 Å². The van der Waals surface area contributed by atoms with Crippen LogP contribution < -0.4 is 19.9 Å². The van der Waals surface area contributed by atoms with Gasteiger partial charge >= 0.3 is 0 Å². The molecule has 0 unspecified atom stereocenters. The van der Waals surface area contributed by atoms with E-state index in [0.29, 0.717) is 13.1 Å². The molecule has 2 fully saturated rings. The zero-order chi connectivity index (χ0) is 18.4.